The van der Waals surface area contributed by atoms with Crippen LogP contribution < -0.4 is 4.74 Å². The van der Waals surface area contributed by atoms with Crippen molar-refractivity contribution in [2.75, 3.05) is 6.61 Å². The molecule has 4 heteroatoms. The molecule has 0 atom stereocenters. The highest BCUT2D eigenvalue weighted by molar-refractivity contribution is 5.73. The third kappa shape index (κ3) is 2.78. The number of aromatic nitrogens is 2. The monoisotopic (exact) mass is 256 g/mol. The molecule has 98 valence electrons. The Bertz CT molecular complexity index is 592. The normalized spacial score (nSPS) is 10.3. The van der Waals surface area contributed by atoms with E-state index >= 15 is 0 Å². The molecule has 2 aromatic rings. The molecule has 4 nitrogen and oxygen atoms in total. The first-order valence-electron chi connectivity index (χ1n) is 6.19. The zero-order valence-electron chi connectivity index (χ0n) is 11.3. The van der Waals surface area contributed by atoms with Crippen LogP contribution in [0.4, 0.5) is 0 Å². The predicted molar refractivity (Wildman–Crippen MR) is 73.5 cm³/mol. The number of carbonyl (C=O) groups is 1. The van der Waals surface area contributed by atoms with Gasteiger partial charge in [0.15, 0.2) is 6.29 Å². The van der Waals surface area contributed by atoms with Crippen LogP contribution >= 0.6 is 0 Å². The van der Waals surface area contributed by atoms with Gasteiger partial charge in [-0.2, -0.15) is 0 Å². The first-order valence-corrected chi connectivity index (χ1v) is 6.19. The van der Waals surface area contributed by atoms with Gasteiger partial charge in [-0.15, -0.1) is 10.2 Å². The number of nitrogens with zero attached hydrogens (tertiary/aromatic N) is 2. The van der Waals surface area contributed by atoms with Crippen molar-refractivity contribution in [1.82, 2.24) is 10.2 Å². The van der Waals surface area contributed by atoms with Gasteiger partial charge in [0.25, 0.3) is 0 Å². The van der Waals surface area contributed by atoms with E-state index in [2.05, 4.69) is 10.2 Å². The molecule has 0 saturated carbocycles. The number of aldehydes is 1. The van der Waals surface area contributed by atoms with Crippen molar-refractivity contribution >= 4 is 6.29 Å². The maximum absolute atomic E-state index is 10.6. The fraction of sp³-hybridized carbons (Fsp3) is 0.267. The molecule has 19 heavy (non-hydrogen) atoms. The first kappa shape index (κ1) is 13.2. The van der Waals surface area contributed by atoms with Crippen LogP contribution in [0, 0.1) is 13.8 Å². The Balaban J connectivity index is 2.44. The van der Waals surface area contributed by atoms with Gasteiger partial charge in [-0.3, -0.25) is 4.79 Å². The molecule has 0 unspecified atom stereocenters. The molecule has 0 bridgehead atoms. The van der Waals surface area contributed by atoms with Gasteiger partial charge >= 0.3 is 0 Å². The Hall–Kier alpha value is -2.23. The molecule has 0 aliphatic rings. The smallest absolute Gasteiger partial charge is 0.170 e. The van der Waals surface area contributed by atoms with E-state index in [4.69, 9.17) is 4.74 Å². The van der Waals surface area contributed by atoms with Crippen molar-refractivity contribution < 1.29 is 9.53 Å². The average Bonchev–Trinajstić information content (AvgIpc) is 2.43. The molecule has 0 radical (unpaired) electrons. The third-order valence-corrected chi connectivity index (χ3v) is 2.90. The van der Waals surface area contributed by atoms with Gasteiger partial charge in [0.2, 0.25) is 0 Å². The molecule has 1 aromatic heterocycles. The molecule has 0 spiro atoms. The number of ether oxygens (including phenoxy) is 1. The standard InChI is InChI=1S/C15H16N2O2/c1-4-19-15-8-10(2)13(7-11(15)3)14-6-5-12(9-18)16-17-14/h5-9H,4H2,1-3H3. The second kappa shape index (κ2) is 5.61. The number of hydrogen-bond donors (Lipinski definition) is 0. The SMILES string of the molecule is CCOc1cc(C)c(-c2ccc(C=O)nn2)cc1C. The zero-order valence-corrected chi connectivity index (χ0v) is 11.3. The van der Waals surface area contributed by atoms with E-state index in [1.54, 1.807) is 12.1 Å². The molecule has 1 heterocycles. The van der Waals surface area contributed by atoms with E-state index in [1.807, 2.05) is 32.9 Å². The number of rotatable bonds is 4. The molecular formula is C15H16N2O2. The van der Waals surface area contributed by atoms with Crippen LogP contribution in [0.25, 0.3) is 11.3 Å². The predicted octanol–water partition coefficient (Wildman–Crippen LogP) is 2.97. The zero-order chi connectivity index (χ0) is 13.8. The number of hydrogen-bond acceptors (Lipinski definition) is 4. The van der Waals surface area contributed by atoms with Crippen LogP contribution in [0.2, 0.25) is 0 Å². The lowest BCUT2D eigenvalue weighted by molar-refractivity contribution is 0.111. The van der Waals surface area contributed by atoms with Crippen molar-refractivity contribution in [3.8, 4) is 17.0 Å². The van der Waals surface area contributed by atoms with Gasteiger partial charge in [-0.05, 0) is 56.2 Å². The Labute approximate surface area is 112 Å². The minimum Gasteiger partial charge on any atom is -0.494 e. The van der Waals surface area contributed by atoms with E-state index < -0.39 is 0 Å². The van der Waals surface area contributed by atoms with Crippen molar-refractivity contribution in [2.45, 2.75) is 20.8 Å². The Morgan fingerprint density at radius 2 is 1.95 bits per heavy atom. The highest BCUT2D eigenvalue weighted by Gasteiger charge is 2.09. The molecule has 2 rings (SSSR count). The largest absolute Gasteiger partial charge is 0.494 e. The van der Waals surface area contributed by atoms with Crippen LogP contribution in [0.1, 0.15) is 28.5 Å². The van der Waals surface area contributed by atoms with E-state index in [1.165, 1.54) is 0 Å². The maximum Gasteiger partial charge on any atom is 0.170 e. The minimum atomic E-state index is 0.337. The molecular weight excluding hydrogens is 240 g/mol. The summed E-state index contributed by atoms with van der Waals surface area (Å²) in [5.41, 5.74) is 4.23. The van der Waals surface area contributed by atoms with Gasteiger partial charge < -0.3 is 4.74 Å². The lowest BCUT2D eigenvalue weighted by Crippen LogP contribution is -1.98. The summed E-state index contributed by atoms with van der Waals surface area (Å²) in [4.78, 5) is 10.6. The molecule has 0 aliphatic carbocycles. The second-order valence-corrected chi connectivity index (χ2v) is 4.33. The Morgan fingerprint density at radius 1 is 1.16 bits per heavy atom. The van der Waals surface area contributed by atoms with Gasteiger partial charge in [0.1, 0.15) is 11.4 Å². The van der Waals surface area contributed by atoms with Crippen molar-refractivity contribution in [3.63, 3.8) is 0 Å². The van der Waals surface area contributed by atoms with E-state index in [9.17, 15) is 4.79 Å². The van der Waals surface area contributed by atoms with Gasteiger partial charge in [-0.25, -0.2) is 0 Å². The van der Waals surface area contributed by atoms with E-state index in [0.29, 0.717) is 18.6 Å². The number of aryl methyl sites for hydroxylation is 2. The van der Waals surface area contributed by atoms with Crippen LogP contribution in [-0.4, -0.2) is 23.1 Å². The number of carbonyl (C=O) groups excluding carboxylic acids is 1. The highest BCUT2D eigenvalue weighted by Crippen LogP contribution is 2.28. The van der Waals surface area contributed by atoms with Crippen molar-refractivity contribution in [1.29, 1.82) is 0 Å². The maximum atomic E-state index is 10.6. The molecule has 1 aromatic carbocycles. The molecule has 0 aliphatic heterocycles. The summed E-state index contributed by atoms with van der Waals surface area (Å²) >= 11 is 0. The number of benzene rings is 1. The lowest BCUT2D eigenvalue weighted by atomic mass is 10.0. The van der Waals surface area contributed by atoms with Crippen LogP contribution in [0.3, 0.4) is 0 Å². The summed E-state index contributed by atoms with van der Waals surface area (Å²) in [6.07, 6.45) is 0.688. The quantitative estimate of drug-likeness (QED) is 0.789. The summed E-state index contributed by atoms with van der Waals surface area (Å²) in [7, 11) is 0. The summed E-state index contributed by atoms with van der Waals surface area (Å²) < 4.78 is 5.56. The lowest BCUT2D eigenvalue weighted by Gasteiger charge is -2.11. The first-order chi connectivity index (χ1) is 9.15. The van der Waals surface area contributed by atoms with E-state index in [-0.39, 0.29) is 0 Å². The van der Waals surface area contributed by atoms with Crippen molar-refractivity contribution in [2.24, 2.45) is 0 Å². The molecule has 0 fully saturated rings. The Morgan fingerprint density at radius 3 is 2.53 bits per heavy atom. The second-order valence-electron chi connectivity index (χ2n) is 4.33. The third-order valence-electron chi connectivity index (χ3n) is 2.90. The van der Waals surface area contributed by atoms with Crippen molar-refractivity contribution in [3.05, 3.63) is 41.1 Å². The average molecular weight is 256 g/mol. The molecule has 0 N–H and O–H groups in total. The minimum absolute atomic E-state index is 0.337. The Kier molecular flexibility index (Phi) is 3.90. The molecule has 0 saturated heterocycles. The fourth-order valence-electron chi connectivity index (χ4n) is 1.93. The van der Waals surface area contributed by atoms with Gasteiger partial charge in [0.05, 0.1) is 12.3 Å². The van der Waals surface area contributed by atoms with Crippen LogP contribution in [0.5, 0.6) is 5.75 Å². The van der Waals surface area contributed by atoms with Crippen LogP contribution in [0.15, 0.2) is 24.3 Å². The summed E-state index contributed by atoms with van der Waals surface area (Å²) in [6.45, 7) is 6.62. The summed E-state index contributed by atoms with van der Waals surface area (Å²) in [5, 5.41) is 7.93. The topological polar surface area (TPSA) is 52.1 Å². The van der Waals surface area contributed by atoms with E-state index in [0.717, 1.165) is 28.1 Å². The highest BCUT2D eigenvalue weighted by atomic mass is 16.5. The summed E-state index contributed by atoms with van der Waals surface area (Å²) in [6, 6.07) is 7.51. The van der Waals surface area contributed by atoms with Crippen LogP contribution in [-0.2, 0) is 0 Å². The van der Waals surface area contributed by atoms with Gasteiger partial charge in [0, 0.05) is 5.56 Å². The summed E-state index contributed by atoms with van der Waals surface area (Å²) in [5.74, 6) is 0.890. The molecule has 0 amide bonds. The van der Waals surface area contributed by atoms with Gasteiger partial charge in [-0.1, -0.05) is 0 Å². The fourth-order valence-corrected chi connectivity index (χ4v) is 1.93.